The van der Waals surface area contributed by atoms with E-state index in [-0.39, 0.29) is 0 Å². The van der Waals surface area contributed by atoms with E-state index in [0.717, 1.165) is 11.0 Å². The summed E-state index contributed by atoms with van der Waals surface area (Å²) in [4.78, 5) is 0. The summed E-state index contributed by atoms with van der Waals surface area (Å²) in [6, 6.07) is 9.00. The van der Waals surface area contributed by atoms with Crippen LogP contribution in [0.3, 0.4) is 0 Å². The predicted octanol–water partition coefficient (Wildman–Crippen LogP) is 2.54. The van der Waals surface area contributed by atoms with Gasteiger partial charge in [0.05, 0.1) is 6.26 Å². The number of fused-ring (bicyclic) bond motifs is 1. The zero-order chi connectivity index (χ0) is 6.97. The minimum Gasteiger partial charge on any atom is -0.464 e. The standard InChI is InChI=1S/C9H7O/c1-7-3-2-4-9-8(7)5-6-10-9/h2-4,6H,1H3. The van der Waals surface area contributed by atoms with Crippen molar-refractivity contribution in [2.24, 2.45) is 0 Å². The molecular formula is C9H7O. The lowest BCUT2D eigenvalue weighted by Crippen LogP contribution is -1.69. The minimum absolute atomic E-state index is 0.917. The van der Waals surface area contributed by atoms with Crippen molar-refractivity contribution >= 4 is 11.0 Å². The second-order valence-corrected chi connectivity index (χ2v) is 2.33. The maximum atomic E-state index is 5.14. The van der Waals surface area contributed by atoms with Crippen LogP contribution in [0.25, 0.3) is 11.0 Å². The summed E-state index contributed by atoms with van der Waals surface area (Å²) in [5.41, 5.74) is 2.13. The maximum absolute atomic E-state index is 5.14. The van der Waals surface area contributed by atoms with E-state index in [1.807, 2.05) is 25.1 Å². The van der Waals surface area contributed by atoms with E-state index in [0.29, 0.717) is 0 Å². The van der Waals surface area contributed by atoms with Crippen LogP contribution in [0.5, 0.6) is 0 Å². The van der Waals surface area contributed by atoms with Crippen LogP contribution < -0.4 is 0 Å². The van der Waals surface area contributed by atoms with Crippen LogP contribution in [-0.4, -0.2) is 0 Å². The second kappa shape index (κ2) is 1.87. The Morgan fingerprint density at radius 3 is 3.10 bits per heavy atom. The first kappa shape index (κ1) is 5.54. The largest absolute Gasteiger partial charge is 0.464 e. The molecule has 1 heteroatoms. The topological polar surface area (TPSA) is 13.1 Å². The summed E-state index contributed by atoms with van der Waals surface area (Å²) in [5, 5.41) is 1.09. The van der Waals surface area contributed by atoms with Gasteiger partial charge < -0.3 is 4.42 Å². The molecule has 2 aromatic rings. The molecule has 0 saturated heterocycles. The lowest BCUT2D eigenvalue weighted by molar-refractivity contribution is 0.615. The van der Waals surface area contributed by atoms with E-state index >= 15 is 0 Å². The molecule has 0 fully saturated rings. The molecule has 0 aliphatic rings. The van der Waals surface area contributed by atoms with Crippen molar-refractivity contribution in [3.05, 3.63) is 36.1 Å². The molecule has 0 N–H and O–H groups in total. The van der Waals surface area contributed by atoms with Gasteiger partial charge in [0.2, 0.25) is 0 Å². The predicted molar refractivity (Wildman–Crippen MR) is 39.8 cm³/mol. The van der Waals surface area contributed by atoms with Crippen LogP contribution in [0.1, 0.15) is 5.56 Å². The van der Waals surface area contributed by atoms with Crippen molar-refractivity contribution in [1.29, 1.82) is 0 Å². The molecule has 1 aromatic carbocycles. The molecule has 0 spiro atoms. The van der Waals surface area contributed by atoms with Crippen LogP contribution in [-0.2, 0) is 0 Å². The molecule has 10 heavy (non-hydrogen) atoms. The number of hydrogen-bond acceptors (Lipinski definition) is 1. The Morgan fingerprint density at radius 1 is 1.40 bits per heavy atom. The third-order valence-corrected chi connectivity index (χ3v) is 1.62. The number of aryl methyl sites for hydroxylation is 1. The number of rotatable bonds is 0. The summed E-state index contributed by atoms with van der Waals surface area (Å²) < 4.78 is 5.14. The SMILES string of the molecule is Cc1cccc2oc[c]c12. The van der Waals surface area contributed by atoms with E-state index < -0.39 is 0 Å². The minimum atomic E-state index is 0.917. The van der Waals surface area contributed by atoms with Crippen molar-refractivity contribution in [3.63, 3.8) is 0 Å². The Kier molecular flexibility index (Phi) is 1.04. The van der Waals surface area contributed by atoms with Gasteiger partial charge in [-0.05, 0) is 18.6 Å². The summed E-state index contributed by atoms with van der Waals surface area (Å²) in [6.07, 6.45) is 1.59. The van der Waals surface area contributed by atoms with Gasteiger partial charge in [0.15, 0.2) is 0 Å². The van der Waals surface area contributed by atoms with E-state index in [1.54, 1.807) is 6.26 Å². The second-order valence-electron chi connectivity index (χ2n) is 2.33. The average Bonchev–Trinajstić information content (AvgIpc) is 2.36. The molecule has 49 valence electrons. The lowest BCUT2D eigenvalue weighted by atomic mass is 10.1. The summed E-state index contributed by atoms with van der Waals surface area (Å²) in [5.74, 6) is 0. The molecule has 1 nitrogen and oxygen atoms in total. The molecule has 0 aliphatic heterocycles. The van der Waals surface area contributed by atoms with Crippen molar-refractivity contribution in [1.82, 2.24) is 0 Å². The summed E-state index contributed by atoms with van der Waals surface area (Å²) in [7, 11) is 0. The molecular weight excluding hydrogens is 124 g/mol. The van der Waals surface area contributed by atoms with Crippen molar-refractivity contribution < 1.29 is 4.42 Å². The Morgan fingerprint density at radius 2 is 2.30 bits per heavy atom. The maximum Gasteiger partial charge on any atom is 0.134 e. The highest BCUT2D eigenvalue weighted by molar-refractivity contribution is 5.79. The third-order valence-electron chi connectivity index (χ3n) is 1.62. The third kappa shape index (κ3) is 0.637. The smallest absolute Gasteiger partial charge is 0.134 e. The van der Waals surface area contributed by atoms with Gasteiger partial charge in [-0.25, -0.2) is 0 Å². The first-order valence-corrected chi connectivity index (χ1v) is 3.22. The van der Waals surface area contributed by atoms with Crippen LogP contribution in [0.4, 0.5) is 0 Å². The van der Waals surface area contributed by atoms with Gasteiger partial charge in [-0.3, -0.25) is 0 Å². The zero-order valence-corrected chi connectivity index (χ0v) is 5.72. The summed E-state index contributed by atoms with van der Waals surface area (Å²) in [6.45, 7) is 2.05. The van der Waals surface area contributed by atoms with Gasteiger partial charge >= 0.3 is 0 Å². The zero-order valence-electron chi connectivity index (χ0n) is 5.72. The molecule has 0 unspecified atom stereocenters. The van der Waals surface area contributed by atoms with E-state index in [9.17, 15) is 0 Å². The Balaban J connectivity index is 2.95. The number of hydrogen-bond donors (Lipinski definition) is 0. The average molecular weight is 131 g/mol. The molecule has 1 aromatic heterocycles. The van der Waals surface area contributed by atoms with Crippen molar-refractivity contribution in [2.45, 2.75) is 6.92 Å². The van der Waals surface area contributed by atoms with Gasteiger partial charge in [-0.2, -0.15) is 0 Å². The molecule has 2 rings (SSSR count). The highest BCUT2D eigenvalue weighted by atomic mass is 16.3. The Bertz CT molecular complexity index is 346. The van der Waals surface area contributed by atoms with Crippen molar-refractivity contribution in [3.8, 4) is 0 Å². The van der Waals surface area contributed by atoms with Crippen LogP contribution in [0.15, 0.2) is 28.9 Å². The van der Waals surface area contributed by atoms with Gasteiger partial charge in [-0.1, -0.05) is 12.1 Å². The molecule has 1 radical (unpaired) electrons. The van der Waals surface area contributed by atoms with Gasteiger partial charge in [0, 0.05) is 11.5 Å². The van der Waals surface area contributed by atoms with Crippen LogP contribution in [0, 0.1) is 13.0 Å². The first-order chi connectivity index (χ1) is 4.88. The normalized spacial score (nSPS) is 10.5. The Labute approximate surface area is 59.3 Å². The lowest BCUT2D eigenvalue weighted by Gasteiger charge is -1.90. The van der Waals surface area contributed by atoms with E-state index in [4.69, 9.17) is 4.42 Å². The summed E-state index contributed by atoms with van der Waals surface area (Å²) >= 11 is 0. The molecule has 1 heterocycles. The highest BCUT2D eigenvalue weighted by Crippen LogP contribution is 2.17. The van der Waals surface area contributed by atoms with Gasteiger partial charge in [0.1, 0.15) is 5.58 Å². The van der Waals surface area contributed by atoms with Gasteiger partial charge in [0.25, 0.3) is 0 Å². The fourth-order valence-corrected chi connectivity index (χ4v) is 1.08. The fraction of sp³-hybridized carbons (Fsp3) is 0.111. The van der Waals surface area contributed by atoms with E-state index in [1.165, 1.54) is 5.56 Å². The van der Waals surface area contributed by atoms with Crippen LogP contribution in [0.2, 0.25) is 0 Å². The monoisotopic (exact) mass is 131 g/mol. The van der Waals surface area contributed by atoms with Crippen molar-refractivity contribution in [2.75, 3.05) is 0 Å². The van der Waals surface area contributed by atoms with Crippen LogP contribution >= 0.6 is 0 Å². The van der Waals surface area contributed by atoms with Gasteiger partial charge in [-0.15, -0.1) is 0 Å². The molecule has 0 aliphatic carbocycles. The Hall–Kier alpha value is -1.24. The van der Waals surface area contributed by atoms with E-state index in [2.05, 4.69) is 6.07 Å². The molecule has 0 saturated carbocycles. The molecule has 0 atom stereocenters. The molecule has 0 amide bonds. The highest BCUT2D eigenvalue weighted by Gasteiger charge is 1.96. The fourth-order valence-electron chi connectivity index (χ4n) is 1.08. The number of furan rings is 1. The number of benzene rings is 1. The quantitative estimate of drug-likeness (QED) is 0.535. The first-order valence-electron chi connectivity index (χ1n) is 3.22. The molecule has 0 bridgehead atoms.